The first-order valence-corrected chi connectivity index (χ1v) is 10.9. The van der Waals surface area contributed by atoms with Crippen molar-refractivity contribution >= 4 is 5.78 Å². The number of ether oxygens (including phenoxy) is 1. The Morgan fingerprint density at radius 2 is 1.56 bits per heavy atom. The highest BCUT2D eigenvalue weighted by atomic mass is 16.5. The van der Waals surface area contributed by atoms with Crippen LogP contribution in [0.1, 0.15) is 27.9 Å². The fourth-order valence-electron chi connectivity index (χ4n) is 4.20. The minimum absolute atomic E-state index is 0.792. The summed E-state index contributed by atoms with van der Waals surface area (Å²) in [4.78, 5) is 4.64. The van der Waals surface area contributed by atoms with E-state index in [-0.39, 0.29) is 0 Å². The molecule has 0 saturated carbocycles. The van der Waals surface area contributed by atoms with E-state index in [4.69, 9.17) is 4.74 Å². The molecule has 0 aliphatic heterocycles. The first-order chi connectivity index (χ1) is 15.8. The highest BCUT2D eigenvalue weighted by Gasteiger charge is 2.18. The molecule has 0 unspecified atom stereocenters. The van der Waals surface area contributed by atoms with E-state index in [9.17, 15) is 0 Å². The van der Waals surface area contributed by atoms with Crippen LogP contribution in [0.4, 0.5) is 0 Å². The van der Waals surface area contributed by atoms with Gasteiger partial charge in [0.05, 0.1) is 19.9 Å². The number of imidazole rings is 1. The third-order valence-electron chi connectivity index (χ3n) is 5.77. The van der Waals surface area contributed by atoms with Crippen LogP contribution in [0.2, 0.25) is 0 Å². The molecule has 0 fully saturated rings. The van der Waals surface area contributed by atoms with Gasteiger partial charge in [0.1, 0.15) is 23.8 Å². The molecule has 0 N–H and O–H groups in total. The summed E-state index contributed by atoms with van der Waals surface area (Å²) >= 11 is 0. The molecule has 0 aliphatic rings. The van der Waals surface area contributed by atoms with Crippen LogP contribution in [-0.2, 0) is 19.4 Å². The van der Waals surface area contributed by atoms with E-state index < -0.39 is 0 Å². The van der Waals surface area contributed by atoms with E-state index in [1.807, 2.05) is 24.4 Å². The Balaban J connectivity index is 1.44. The van der Waals surface area contributed by atoms with Gasteiger partial charge < -0.3 is 4.74 Å². The molecule has 0 spiro atoms. The smallest absolute Gasteiger partial charge is 0.403 e. The molecular weight excluding hydrogens is 394 g/mol. The number of hydrogen-bond acceptors (Lipinski definition) is 2. The number of nitrogens with zero attached hydrogens (tertiary/aromatic N) is 3. The number of fused-ring (bicyclic) bond motifs is 1. The lowest BCUT2D eigenvalue weighted by Crippen LogP contribution is -2.33. The second-order valence-electron chi connectivity index (χ2n) is 8.01. The fourth-order valence-corrected chi connectivity index (χ4v) is 4.20. The zero-order chi connectivity index (χ0) is 21.8. The molecule has 32 heavy (non-hydrogen) atoms. The molecule has 0 atom stereocenters. The lowest BCUT2D eigenvalue weighted by molar-refractivity contribution is -0.664. The summed E-state index contributed by atoms with van der Waals surface area (Å²) in [7, 11) is 1.75. The van der Waals surface area contributed by atoms with E-state index in [1.165, 1.54) is 27.9 Å². The van der Waals surface area contributed by atoms with E-state index in [2.05, 4.69) is 93.1 Å². The Hall–Kier alpha value is -3.92. The second kappa shape index (κ2) is 9.06. The SMILES string of the molecule is COc1cc(Cc2c[n+](Cc3ccccc3)c3ncccn23)ccc1Cc1ccccc1. The van der Waals surface area contributed by atoms with Gasteiger partial charge in [0.2, 0.25) is 0 Å². The first kappa shape index (κ1) is 20.0. The number of rotatable bonds is 7. The molecule has 4 nitrogen and oxygen atoms in total. The second-order valence-corrected chi connectivity index (χ2v) is 8.01. The maximum Gasteiger partial charge on any atom is 0.403 e. The zero-order valence-corrected chi connectivity index (χ0v) is 18.2. The number of methoxy groups -OCH3 is 1. The van der Waals surface area contributed by atoms with Crippen molar-refractivity contribution in [2.24, 2.45) is 0 Å². The molecule has 2 aromatic heterocycles. The van der Waals surface area contributed by atoms with Crippen LogP contribution in [0.5, 0.6) is 5.75 Å². The highest BCUT2D eigenvalue weighted by molar-refractivity contribution is 5.42. The van der Waals surface area contributed by atoms with Crippen molar-refractivity contribution in [1.29, 1.82) is 0 Å². The summed E-state index contributed by atoms with van der Waals surface area (Å²) in [6.07, 6.45) is 7.80. The lowest BCUT2D eigenvalue weighted by atomic mass is 10.0. The van der Waals surface area contributed by atoms with E-state index in [0.29, 0.717) is 0 Å². The van der Waals surface area contributed by atoms with Crippen molar-refractivity contribution < 1.29 is 9.30 Å². The molecule has 2 heterocycles. The number of aromatic nitrogens is 3. The Morgan fingerprint density at radius 3 is 2.31 bits per heavy atom. The summed E-state index contributed by atoms with van der Waals surface area (Å²) in [5, 5.41) is 0. The predicted molar refractivity (Wildman–Crippen MR) is 126 cm³/mol. The van der Waals surface area contributed by atoms with Crippen LogP contribution in [0.25, 0.3) is 5.78 Å². The molecule has 0 amide bonds. The maximum atomic E-state index is 5.74. The Kier molecular flexibility index (Phi) is 5.67. The molecule has 5 aromatic rings. The zero-order valence-electron chi connectivity index (χ0n) is 18.2. The van der Waals surface area contributed by atoms with Gasteiger partial charge in [-0.2, -0.15) is 0 Å². The average Bonchev–Trinajstić information content (AvgIpc) is 3.18. The summed E-state index contributed by atoms with van der Waals surface area (Å²) in [5.74, 6) is 1.88. The molecule has 0 bridgehead atoms. The van der Waals surface area contributed by atoms with Gasteiger partial charge in [-0.05, 0) is 28.3 Å². The van der Waals surface area contributed by atoms with Crippen molar-refractivity contribution in [3.8, 4) is 5.75 Å². The third-order valence-corrected chi connectivity index (χ3v) is 5.77. The van der Waals surface area contributed by atoms with Gasteiger partial charge in [-0.3, -0.25) is 0 Å². The van der Waals surface area contributed by atoms with Crippen molar-refractivity contribution in [3.05, 3.63) is 131 Å². The maximum absolute atomic E-state index is 5.74. The Labute approximate surface area is 188 Å². The summed E-state index contributed by atoms with van der Waals surface area (Å²) in [6, 6.07) is 29.5. The van der Waals surface area contributed by atoms with Crippen LogP contribution in [0.15, 0.2) is 104 Å². The van der Waals surface area contributed by atoms with Crippen LogP contribution in [0, 0.1) is 0 Å². The quantitative estimate of drug-likeness (QED) is 0.352. The van der Waals surface area contributed by atoms with Gasteiger partial charge in [-0.15, -0.1) is 0 Å². The van der Waals surface area contributed by atoms with Crippen LogP contribution in [-0.4, -0.2) is 16.5 Å². The minimum atomic E-state index is 0.792. The van der Waals surface area contributed by atoms with Gasteiger partial charge in [0, 0.05) is 18.9 Å². The molecule has 0 aliphatic carbocycles. The van der Waals surface area contributed by atoms with Gasteiger partial charge in [0.15, 0.2) is 0 Å². The molecule has 0 radical (unpaired) electrons. The topological polar surface area (TPSA) is 30.4 Å². The average molecular weight is 421 g/mol. The molecule has 0 saturated heterocycles. The monoisotopic (exact) mass is 420 g/mol. The largest absolute Gasteiger partial charge is 0.496 e. The first-order valence-electron chi connectivity index (χ1n) is 10.9. The van der Waals surface area contributed by atoms with E-state index in [1.54, 1.807) is 7.11 Å². The normalized spacial score (nSPS) is 11.0. The summed E-state index contributed by atoms with van der Waals surface area (Å²) < 4.78 is 10.1. The van der Waals surface area contributed by atoms with Gasteiger partial charge >= 0.3 is 5.78 Å². The predicted octanol–water partition coefficient (Wildman–Crippen LogP) is 4.86. The molecule has 5 rings (SSSR count). The Bertz CT molecular complexity index is 1330. The van der Waals surface area contributed by atoms with Crippen molar-refractivity contribution in [2.45, 2.75) is 19.4 Å². The highest BCUT2D eigenvalue weighted by Crippen LogP contribution is 2.24. The van der Waals surface area contributed by atoms with E-state index in [0.717, 1.165) is 30.9 Å². The van der Waals surface area contributed by atoms with Gasteiger partial charge in [-0.1, -0.05) is 77.8 Å². The Morgan fingerprint density at radius 1 is 0.812 bits per heavy atom. The lowest BCUT2D eigenvalue weighted by Gasteiger charge is -2.10. The van der Waals surface area contributed by atoms with Crippen LogP contribution in [0.3, 0.4) is 0 Å². The third kappa shape index (κ3) is 4.26. The fraction of sp³-hybridized carbons (Fsp3) is 0.143. The van der Waals surface area contributed by atoms with Crippen LogP contribution < -0.4 is 9.30 Å². The standard InChI is InChI=1S/C28H26N3O/c1-32-27-19-24(13-14-25(27)17-22-9-4-2-5-10-22)18-26-21-30(20-23-11-6-3-7-12-23)28-29-15-8-16-31(26)28/h2-16,19,21H,17-18,20H2,1H3/q+1. The van der Waals surface area contributed by atoms with E-state index >= 15 is 0 Å². The summed E-state index contributed by atoms with van der Waals surface area (Å²) in [6.45, 7) is 0.792. The van der Waals surface area contributed by atoms with Crippen LogP contribution >= 0.6 is 0 Å². The molecular formula is C28H26N3O+. The molecule has 4 heteroatoms. The number of benzene rings is 3. The van der Waals surface area contributed by atoms with Gasteiger partial charge in [0.25, 0.3) is 0 Å². The summed E-state index contributed by atoms with van der Waals surface area (Å²) in [5.41, 5.74) is 6.15. The van der Waals surface area contributed by atoms with Crippen molar-refractivity contribution in [1.82, 2.24) is 9.38 Å². The molecule has 3 aromatic carbocycles. The van der Waals surface area contributed by atoms with Crippen molar-refractivity contribution in [3.63, 3.8) is 0 Å². The minimum Gasteiger partial charge on any atom is -0.496 e. The number of hydrogen-bond donors (Lipinski definition) is 0. The van der Waals surface area contributed by atoms with Gasteiger partial charge in [-0.25, -0.2) is 8.97 Å². The van der Waals surface area contributed by atoms with Crippen molar-refractivity contribution in [2.75, 3.05) is 7.11 Å². The molecule has 158 valence electrons.